The summed E-state index contributed by atoms with van der Waals surface area (Å²) in [5, 5.41) is 13.6. The molecule has 18 heavy (non-hydrogen) atoms. The van der Waals surface area contributed by atoms with Crippen LogP contribution in [-0.2, 0) is 6.42 Å². The highest BCUT2D eigenvalue weighted by Crippen LogP contribution is 2.32. The first-order valence-corrected chi connectivity index (χ1v) is 6.36. The fourth-order valence-electron chi connectivity index (χ4n) is 2.66. The van der Waals surface area contributed by atoms with Crippen molar-refractivity contribution in [2.24, 2.45) is 0 Å². The van der Waals surface area contributed by atoms with Crippen molar-refractivity contribution in [2.75, 3.05) is 7.05 Å². The molecule has 2 rings (SSSR count). The van der Waals surface area contributed by atoms with Crippen LogP contribution in [0.2, 0.25) is 0 Å². The third-order valence-corrected chi connectivity index (χ3v) is 3.88. The molecule has 2 nitrogen and oxygen atoms in total. The molecule has 0 spiro atoms. The van der Waals surface area contributed by atoms with Crippen LogP contribution >= 0.6 is 0 Å². The first kappa shape index (κ1) is 13.4. The van der Waals surface area contributed by atoms with Crippen molar-refractivity contribution >= 4 is 0 Å². The zero-order valence-corrected chi connectivity index (χ0v) is 10.5. The Bertz CT molecular complexity index is 414. The Morgan fingerprint density at radius 3 is 2.61 bits per heavy atom. The van der Waals surface area contributed by atoms with Gasteiger partial charge in [-0.15, -0.1) is 0 Å². The summed E-state index contributed by atoms with van der Waals surface area (Å²) in [6.07, 6.45) is 3.16. The van der Waals surface area contributed by atoms with Gasteiger partial charge in [-0.3, -0.25) is 0 Å². The molecule has 0 aliphatic heterocycles. The molecule has 0 atom stereocenters. The molecule has 0 radical (unpaired) electrons. The van der Waals surface area contributed by atoms with Crippen molar-refractivity contribution in [3.05, 3.63) is 35.4 Å². The molecule has 1 aliphatic carbocycles. The van der Waals surface area contributed by atoms with Gasteiger partial charge in [-0.2, -0.15) is 0 Å². The van der Waals surface area contributed by atoms with Gasteiger partial charge in [0.25, 0.3) is 0 Å². The van der Waals surface area contributed by atoms with Gasteiger partial charge in [0.2, 0.25) is 0 Å². The van der Waals surface area contributed by atoms with Crippen molar-refractivity contribution in [1.29, 1.82) is 0 Å². The second kappa shape index (κ2) is 5.33. The summed E-state index contributed by atoms with van der Waals surface area (Å²) in [5.41, 5.74) is -0.637. The van der Waals surface area contributed by atoms with E-state index in [4.69, 9.17) is 0 Å². The third-order valence-electron chi connectivity index (χ3n) is 3.88. The van der Waals surface area contributed by atoms with Crippen molar-refractivity contribution in [2.45, 2.75) is 43.7 Å². The van der Waals surface area contributed by atoms with E-state index >= 15 is 0 Å². The summed E-state index contributed by atoms with van der Waals surface area (Å²) in [7, 11) is 1.90. The van der Waals surface area contributed by atoms with Crippen molar-refractivity contribution < 1.29 is 13.9 Å². The molecule has 0 unspecified atom stereocenters. The normalized spacial score (nSPS) is 28.3. The Morgan fingerprint density at radius 1 is 1.33 bits per heavy atom. The average Bonchev–Trinajstić information content (AvgIpc) is 2.36. The summed E-state index contributed by atoms with van der Waals surface area (Å²) in [6.45, 7) is 0. The zero-order chi connectivity index (χ0) is 13.2. The fourth-order valence-corrected chi connectivity index (χ4v) is 2.66. The van der Waals surface area contributed by atoms with Crippen LogP contribution in [0.5, 0.6) is 0 Å². The fraction of sp³-hybridized carbons (Fsp3) is 0.571. The van der Waals surface area contributed by atoms with E-state index in [0.717, 1.165) is 18.9 Å². The lowest BCUT2D eigenvalue weighted by atomic mass is 9.78. The highest BCUT2D eigenvalue weighted by Gasteiger charge is 2.33. The van der Waals surface area contributed by atoms with Crippen LogP contribution in [0.4, 0.5) is 8.78 Å². The molecule has 0 heterocycles. The molecule has 0 saturated heterocycles. The lowest BCUT2D eigenvalue weighted by Crippen LogP contribution is -2.41. The summed E-state index contributed by atoms with van der Waals surface area (Å²) < 4.78 is 26.7. The highest BCUT2D eigenvalue weighted by atomic mass is 19.2. The maximum Gasteiger partial charge on any atom is 0.162 e. The second-order valence-electron chi connectivity index (χ2n) is 5.18. The minimum Gasteiger partial charge on any atom is -0.390 e. The molecule has 100 valence electrons. The van der Waals surface area contributed by atoms with Crippen LogP contribution < -0.4 is 5.32 Å². The van der Waals surface area contributed by atoms with E-state index in [1.807, 2.05) is 7.05 Å². The molecule has 1 aromatic carbocycles. The van der Waals surface area contributed by atoms with Gasteiger partial charge in [0.15, 0.2) is 11.6 Å². The van der Waals surface area contributed by atoms with Crippen LogP contribution in [0.1, 0.15) is 31.2 Å². The monoisotopic (exact) mass is 255 g/mol. The number of benzene rings is 1. The smallest absolute Gasteiger partial charge is 0.162 e. The summed E-state index contributed by atoms with van der Waals surface area (Å²) in [6, 6.07) is 4.54. The average molecular weight is 255 g/mol. The zero-order valence-electron chi connectivity index (χ0n) is 10.5. The van der Waals surface area contributed by atoms with Crippen molar-refractivity contribution in [3.63, 3.8) is 0 Å². The van der Waals surface area contributed by atoms with Gasteiger partial charge in [-0.05, 0) is 44.4 Å². The van der Waals surface area contributed by atoms with E-state index in [1.54, 1.807) is 6.07 Å². The van der Waals surface area contributed by atoms with E-state index in [-0.39, 0.29) is 12.0 Å². The highest BCUT2D eigenvalue weighted by molar-refractivity contribution is 5.21. The van der Waals surface area contributed by atoms with Crippen LogP contribution in [-0.4, -0.2) is 23.8 Å². The van der Waals surface area contributed by atoms with Gasteiger partial charge in [-0.25, -0.2) is 8.78 Å². The number of rotatable bonds is 3. The first-order chi connectivity index (χ1) is 8.54. The molecule has 0 bridgehead atoms. The molecule has 1 aromatic rings. The summed E-state index contributed by atoms with van der Waals surface area (Å²) in [5.74, 6) is -1.68. The van der Waals surface area contributed by atoms with Gasteiger partial charge < -0.3 is 10.4 Å². The van der Waals surface area contributed by atoms with E-state index < -0.39 is 17.2 Å². The molecule has 0 aromatic heterocycles. The number of hydrogen-bond donors (Lipinski definition) is 2. The van der Waals surface area contributed by atoms with E-state index in [9.17, 15) is 13.9 Å². The van der Waals surface area contributed by atoms with Crippen LogP contribution in [0.15, 0.2) is 18.2 Å². The number of halogens is 2. The maximum atomic E-state index is 13.6. The number of hydrogen-bond acceptors (Lipinski definition) is 2. The number of nitrogens with one attached hydrogen (secondary N) is 1. The lowest BCUT2D eigenvalue weighted by molar-refractivity contribution is -0.00317. The standard InChI is InChI=1S/C14H19F2NO/c1-17-11-5-7-14(18,8-6-11)9-10-3-2-4-12(15)13(10)16/h2-4,11,17-18H,5-9H2,1H3. The molecule has 2 N–H and O–H groups in total. The Morgan fingerprint density at radius 2 is 2.00 bits per heavy atom. The summed E-state index contributed by atoms with van der Waals surface area (Å²) >= 11 is 0. The molecule has 0 amide bonds. The van der Waals surface area contributed by atoms with Crippen molar-refractivity contribution in [3.8, 4) is 0 Å². The van der Waals surface area contributed by atoms with Gasteiger partial charge >= 0.3 is 0 Å². The van der Waals surface area contributed by atoms with E-state index in [0.29, 0.717) is 18.9 Å². The van der Waals surface area contributed by atoms with Crippen molar-refractivity contribution in [1.82, 2.24) is 5.32 Å². The largest absolute Gasteiger partial charge is 0.390 e. The molecule has 1 saturated carbocycles. The van der Waals surface area contributed by atoms with E-state index in [2.05, 4.69) is 5.32 Å². The quantitative estimate of drug-likeness (QED) is 0.869. The Balaban J connectivity index is 2.07. The van der Waals surface area contributed by atoms with Crippen LogP contribution in [0.25, 0.3) is 0 Å². The van der Waals surface area contributed by atoms with E-state index in [1.165, 1.54) is 6.07 Å². The third kappa shape index (κ3) is 2.87. The molecule has 1 fully saturated rings. The minimum atomic E-state index is -0.901. The first-order valence-electron chi connectivity index (χ1n) is 6.36. The lowest BCUT2D eigenvalue weighted by Gasteiger charge is -2.36. The summed E-state index contributed by atoms with van der Waals surface area (Å²) in [4.78, 5) is 0. The Hall–Kier alpha value is -1.00. The maximum absolute atomic E-state index is 13.6. The van der Waals surface area contributed by atoms with Gasteiger partial charge in [-0.1, -0.05) is 12.1 Å². The molecule has 4 heteroatoms. The minimum absolute atomic E-state index is 0.188. The van der Waals surface area contributed by atoms with Crippen LogP contribution in [0.3, 0.4) is 0 Å². The molecular formula is C14H19F2NO. The second-order valence-corrected chi connectivity index (χ2v) is 5.18. The Kier molecular flexibility index (Phi) is 3.97. The Labute approximate surface area is 106 Å². The predicted octanol–water partition coefficient (Wildman–Crippen LogP) is 2.40. The van der Waals surface area contributed by atoms with Gasteiger partial charge in [0, 0.05) is 12.5 Å². The van der Waals surface area contributed by atoms with Crippen LogP contribution in [0, 0.1) is 11.6 Å². The topological polar surface area (TPSA) is 32.3 Å². The van der Waals surface area contributed by atoms with Gasteiger partial charge in [0.1, 0.15) is 0 Å². The number of aliphatic hydroxyl groups is 1. The SMILES string of the molecule is CNC1CCC(O)(Cc2cccc(F)c2F)CC1. The predicted molar refractivity (Wildman–Crippen MR) is 66.3 cm³/mol. The molecular weight excluding hydrogens is 236 g/mol. The van der Waals surface area contributed by atoms with Gasteiger partial charge in [0.05, 0.1) is 5.60 Å². The molecule has 1 aliphatic rings.